The molecule has 7 heteroatoms. The van der Waals surface area contributed by atoms with Gasteiger partial charge >= 0.3 is 0 Å². The van der Waals surface area contributed by atoms with E-state index in [1.54, 1.807) is 0 Å². The van der Waals surface area contributed by atoms with Gasteiger partial charge in [0, 0.05) is 11.8 Å². The summed E-state index contributed by atoms with van der Waals surface area (Å²) in [6, 6.07) is 13.2. The van der Waals surface area contributed by atoms with Gasteiger partial charge < -0.3 is 0 Å². The summed E-state index contributed by atoms with van der Waals surface area (Å²) < 4.78 is 23.3. The van der Waals surface area contributed by atoms with Crippen LogP contribution in [0.3, 0.4) is 0 Å². The molecule has 3 rings (SSSR count). The van der Waals surface area contributed by atoms with Gasteiger partial charge in [0.05, 0.1) is 4.88 Å². The Labute approximate surface area is 126 Å². The second kappa shape index (κ2) is 5.34. The quantitative estimate of drug-likeness (QED) is 0.742. The summed E-state index contributed by atoms with van der Waals surface area (Å²) in [4.78, 5) is 5.07. The minimum atomic E-state index is -3.50. The zero-order chi connectivity index (χ0) is 14.9. The summed E-state index contributed by atoms with van der Waals surface area (Å²) in [5, 5.41) is 9.49. The molecular weight excluding hydrogens is 306 g/mol. The highest BCUT2D eigenvalue weighted by molar-refractivity contribution is 7.90. The van der Waals surface area contributed by atoms with Crippen molar-refractivity contribution in [3.8, 4) is 21.8 Å². The molecular formula is C14H11N3O2S2. The standard InChI is InChI=1S/C14H11N3O2S2/c1-21(18,19)14-15-13(11-8-5-9-20-11)12(16-17-14)10-6-3-2-4-7-10/h2-9H,1H3. The maximum Gasteiger partial charge on any atom is 0.267 e. The van der Waals surface area contributed by atoms with Crippen LogP contribution in [0.25, 0.3) is 21.8 Å². The first kappa shape index (κ1) is 13.8. The lowest BCUT2D eigenvalue weighted by Crippen LogP contribution is -2.08. The summed E-state index contributed by atoms with van der Waals surface area (Å²) in [5.74, 6) is 0. The van der Waals surface area contributed by atoms with E-state index in [4.69, 9.17) is 0 Å². The summed E-state index contributed by atoms with van der Waals surface area (Å²) in [7, 11) is -3.50. The van der Waals surface area contributed by atoms with E-state index in [1.165, 1.54) is 11.3 Å². The molecule has 0 spiro atoms. The SMILES string of the molecule is CS(=O)(=O)c1nnc(-c2ccccc2)c(-c2cccs2)n1. The Morgan fingerprint density at radius 1 is 0.952 bits per heavy atom. The topological polar surface area (TPSA) is 72.8 Å². The van der Waals surface area contributed by atoms with Crippen LogP contribution in [0.2, 0.25) is 0 Å². The molecule has 0 aliphatic carbocycles. The van der Waals surface area contributed by atoms with Crippen molar-refractivity contribution in [2.24, 2.45) is 0 Å². The van der Waals surface area contributed by atoms with Gasteiger partial charge in [-0.3, -0.25) is 0 Å². The average molecular weight is 317 g/mol. The molecule has 0 fully saturated rings. The second-order valence-electron chi connectivity index (χ2n) is 4.41. The Balaban J connectivity index is 2.26. The number of thiophene rings is 1. The minimum Gasteiger partial charge on any atom is -0.221 e. The van der Waals surface area contributed by atoms with Crippen molar-refractivity contribution in [2.75, 3.05) is 6.26 Å². The van der Waals surface area contributed by atoms with Gasteiger partial charge in [-0.1, -0.05) is 36.4 Å². The van der Waals surface area contributed by atoms with E-state index in [0.29, 0.717) is 11.4 Å². The van der Waals surface area contributed by atoms with Crippen LogP contribution in [0.15, 0.2) is 53.0 Å². The van der Waals surface area contributed by atoms with Gasteiger partial charge in [0.1, 0.15) is 11.4 Å². The molecule has 106 valence electrons. The summed E-state index contributed by atoms with van der Waals surface area (Å²) in [6.07, 6.45) is 1.07. The van der Waals surface area contributed by atoms with Crippen LogP contribution in [0.5, 0.6) is 0 Å². The number of sulfone groups is 1. The number of hydrogen-bond donors (Lipinski definition) is 0. The van der Waals surface area contributed by atoms with Gasteiger partial charge in [0.25, 0.3) is 5.16 Å². The molecule has 2 aromatic heterocycles. The van der Waals surface area contributed by atoms with Crippen molar-refractivity contribution in [1.82, 2.24) is 15.2 Å². The maximum absolute atomic E-state index is 11.6. The first-order chi connectivity index (χ1) is 10.1. The van der Waals surface area contributed by atoms with Gasteiger partial charge in [-0.25, -0.2) is 13.4 Å². The molecule has 0 amide bonds. The Morgan fingerprint density at radius 2 is 1.71 bits per heavy atom. The van der Waals surface area contributed by atoms with Crippen LogP contribution >= 0.6 is 11.3 Å². The predicted molar refractivity (Wildman–Crippen MR) is 81.7 cm³/mol. The van der Waals surface area contributed by atoms with Crippen LogP contribution in [-0.2, 0) is 9.84 Å². The van der Waals surface area contributed by atoms with Crippen molar-refractivity contribution in [3.05, 3.63) is 47.8 Å². The third-order valence-electron chi connectivity index (χ3n) is 2.80. The largest absolute Gasteiger partial charge is 0.267 e. The Hall–Kier alpha value is -2.12. The smallest absolute Gasteiger partial charge is 0.221 e. The van der Waals surface area contributed by atoms with E-state index in [2.05, 4.69) is 15.2 Å². The molecule has 0 saturated heterocycles. The first-order valence-corrected chi connectivity index (χ1v) is 8.87. The van der Waals surface area contributed by atoms with Crippen LogP contribution in [0.4, 0.5) is 0 Å². The van der Waals surface area contributed by atoms with E-state index in [0.717, 1.165) is 16.7 Å². The summed E-state index contributed by atoms with van der Waals surface area (Å²) in [5.41, 5.74) is 1.96. The Bertz CT molecular complexity index is 860. The molecule has 21 heavy (non-hydrogen) atoms. The van der Waals surface area contributed by atoms with Crippen molar-refractivity contribution in [3.63, 3.8) is 0 Å². The highest BCUT2D eigenvalue weighted by Crippen LogP contribution is 2.31. The molecule has 0 bridgehead atoms. The lowest BCUT2D eigenvalue weighted by Gasteiger charge is -2.07. The van der Waals surface area contributed by atoms with Gasteiger partial charge in [-0.15, -0.1) is 21.5 Å². The van der Waals surface area contributed by atoms with Crippen LogP contribution in [0, 0.1) is 0 Å². The van der Waals surface area contributed by atoms with E-state index in [1.807, 2.05) is 47.8 Å². The summed E-state index contributed by atoms with van der Waals surface area (Å²) in [6.45, 7) is 0. The van der Waals surface area contributed by atoms with Crippen molar-refractivity contribution in [2.45, 2.75) is 5.16 Å². The molecule has 0 N–H and O–H groups in total. The van der Waals surface area contributed by atoms with E-state index in [9.17, 15) is 8.42 Å². The van der Waals surface area contributed by atoms with Gasteiger partial charge in [0.2, 0.25) is 9.84 Å². The maximum atomic E-state index is 11.6. The monoisotopic (exact) mass is 317 g/mol. The minimum absolute atomic E-state index is 0.259. The van der Waals surface area contributed by atoms with E-state index in [-0.39, 0.29) is 5.16 Å². The molecule has 0 atom stereocenters. The van der Waals surface area contributed by atoms with Crippen LogP contribution in [0.1, 0.15) is 0 Å². The van der Waals surface area contributed by atoms with Gasteiger partial charge in [-0.05, 0) is 11.4 Å². The molecule has 0 aliphatic heterocycles. The number of aromatic nitrogens is 3. The van der Waals surface area contributed by atoms with Crippen LogP contribution in [-0.4, -0.2) is 29.9 Å². The normalized spacial score (nSPS) is 11.5. The molecule has 0 aliphatic rings. The van der Waals surface area contributed by atoms with Crippen molar-refractivity contribution < 1.29 is 8.42 Å². The average Bonchev–Trinajstić information content (AvgIpc) is 3.01. The molecule has 2 heterocycles. The van der Waals surface area contributed by atoms with Crippen molar-refractivity contribution in [1.29, 1.82) is 0 Å². The number of benzene rings is 1. The first-order valence-electron chi connectivity index (χ1n) is 6.10. The predicted octanol–water partition coefficient (Wildman–Crippen LogP) is 2.67. The number of nitrogens with zero attached hydrogens (tertiary/aromatic N) is 3. The zero-order valence-electron chi connectivity index (χ0n) is 11.1. The van der Waals surface area contributed by atoms with E-state index < -0.39 is 9.84 Å². The third-order valence-corrected chi connectivity index (χ3v) is 4.51. The third kappa shape index (κ3) is 2.84. The number of rotatable bonds is 3. The molecule has 0 unspecified atom stereocenters. The second-order valence-corrected chi connectivity index (χ2v) is 7.26. The fraction of sp³-hybridized carbons (Fsp3) is 0.0714. The molecule has 1 aromatic carbocycles. The zero-order valence-corrected chi connectivity index (χ0v) is 12.7. The summed E-state index contributed by atoms with van der Waals surface area (Å²) >= 11 is 1.48. The molecule has 0 saturated carbocycles. The highest BCUT2D eigenvalue weighted by atomic mass is 32.2. The van der Waals surface area contributed by atoms with Gasteiger partial charge in [-0.2, -0.15) is 0 Å². The Morgan fingerprint density at radius 3 is 2.33 bits per heavy atom. The number of hydrogen-bond acceptors (Lipinski definition) is 6. The van der Waals surface area contributed by atoms with Crippen molar-refractivity contribution >= 4 is 21.2 Å². The molecule has 0 radical (unpaired) electrons. The van der Waals surface area contributed by atoms with Gasteiger partial charge in [0.15, 0.2) is 0 Å². The molecule has 5 nitrogen and oxygen atoms in total. The fourth-order valence-corrected chi connectivity index (χ4v) is 3.00. The van der Waals surface area contributed by atoms with Crippen LogP contribution < -0.4 is 0 Å². The lowest BCUT2D eigenvalue weighted by molar-refractivity contribution is 0.589. The highest BCUT2D eigenvalue weighted by Gasteiger charge is 2.18. The van der Waals surface area contributed by atoms with E-state index >= 15 is 0 Å². The fourth-order valence-electron chi connectivity index (χ4n) is 1.84. The lowest BCUT2D eigenvalue weighted by atomic mass is 10.1. The Kier molecular flexibility index (Phi) is 3.52. The molecule has 3 aromatic rings.